The van der Waals surface area contributed by atoms with Crippen LogP contribution in [0.2, 0.25) is 0 Å². The number of nitrogens with zero attached hydrogens (tertiary/aromatic N) is 2. The average Bonchev–Trinajstić information content (AvgIpc) is 2.80. The minimum absolute atomic E-state index is 0.0800. The zero-order valence-corrected chi connectivity index (χ0v) is 18.8. The van der Waals surface area contributed by atoms with Crippen molar-refractivity contribution in [3.05, 3.63) is 76.1 Å². The van der Waals surface area contributed by atoms with Crippen molar-refractivity contribution in [1.29, 1.82) is 0 Å². The molecule has 0 aliphatic heterocycles. The van der Waals surface area contributed by atoms with E-state index < -0.39 is 29.0 Å². The number of halogens is 2. The van der Waals surface area contributed by atoms with Crippen LogP contribution in [-0.2, 0) is 16.0 Å². The van der Waals surface area contributed by atoms with E-state index in [0.717, 1.165) is 12.1 Å². The van der Waals surface area contributed by atoms with E-state index in [2.05, 4.69) is 10.4 Å². The first-order chi connectivity index (χ1) is 16.4. The lowest BCUT2D eigenvalue weighted by Crippen LogP contribution is -2.23. The van der Waals surface area contributed by atoms with Gasteiger partial charge in [-0.1, -0.05) is 12.1 Å². The van der Waals surface area contributed by atoms with Crippen LogP contribution in [0.3, 0.4) is 0 Å². The van der Waals surface area contributed by atoms with Gasteiger partial charge in [0, 0.05) is 37.5 Å². The maximum Gasteiger partial charge on any atom is 0.411 e. The summed E-state index contributed by atoms with van der Waals surface area (Å²) in [5, 5.41) is 6.85. The molecule has 0 saturated heterocycles. The van der Waals surface area contributed by atoms with Crippen LogP contribution in [-0.4, -0.2) is 42.8 Å². The van der Waals surface area contributed by atoms with E-state index in [0.29, 0.717) is 24.3 Å². The summed E-state index contributed by atoms with van der Waals surface area (Å²) in [7, 11) is 1.53. The maximum atomic E-state index is 14.5. The Morgan fingerprint density at radius 2 is 1.85 bits per heavy atom. The van der Waals surface area contributed by atoms with Gasteiger partial charge in [0.15, 0.2) is 17.4 Å². The predicted octanol–water partition coefficient (Wildman–Crippen LogP) is 4.22. The number of carbonyl (C=O) groups is 1. The Kier molecular flexibility index (Phi) is 8.69. The maximum absolute atomic E-state index is 14.5. The molecule has 0 unspecified atom stereocenters. The highest BCUT2D eigenvalue weighted by atomic mass is 19.1. The quantitative estimate of drug-likeness (QED) is 0.444. The molecule has 1 amide bonds. The molecule has 0 spiro atoms. The minimum Gasteiger partial charge on any atom is -0.488 e. The molecule has 3 rings (SSSR count). The number of aromatic nitrogens is 2. The van der Waals surface area contributed by atoms with Gasteiger partial charge in [0.25, 0.3) is 5.56 Å². The third-order valence-corrected chi connectivity index (χ3v) is 4.68. The smallest absolute Gasteiger partial charge is 0.411 e. The number of benzene rings is 2. The highest BCUT2D eigenvalue weighted by Gasteiger charge is 2.15. The Morgan fingerprint density at radius 1 is 1.09 bits per heavy atom. The summed E-state index contributed by atoms with van der Waals surface area (Å²) in [5.74, 6) is -2.21. The van der Waals surface area contributed by atoms with Crippen LogP contribution in [0.25, 0.3) is 11.3 Å². The number of amides is 1. The lowest BCUT2D eigenvalue weighted by molar-refractivity contribution is 0.168. The summed E-state index contributed by atoms with van der Waals surface area (Å²) >= 11 is 0. The molecule has 2 aromatic carbocycles. The molecular weight excluding hydrogens is 448 g/mol. The molecule has 8 nitrogen and oxygen atoms in total. The molecule has 0 radical (unpaired) electrons. The van der Waals surface area contributed by atoms with E-state index >= 15 is 0 Å². The molecule has 3 aromatic rings. The summed E-state index contributed by atoms with van der Waals surface area (Å²) < 4.78 is 45.1. The Hall–Kier alpha value is -3.79. The summed E-state index contributed by atoms with van der Waals surface area (Å²) in [6.45, 7) is 2.53. The van der Waals surface area contributed by atoms with Crippen molar-refractivity contribution in [1.82, 2.24) is 9.78 Å². The molecule has 0 aliphatic carbocycles. The van der Waals surface area contributed by atoms with Gasteiger partial charge in [-0.15, -0.1) is 0 Å². The van der Waals surface area contributed by atoms with Crippen LogP contribution in [0.4, 0.5) is 19.3 Å². The first kappa shape index (κ1) is 24.8. The van der Waals surface area contributed by atoms with Gasteiger partial charge in [0.1, 0.15) is 0 Å². The Balaban J connectivity index is 1.80. The normalized spacial score (nSPS) is 10.7. The number of anilines is 1. The standard InChI is InChI=1S/C24H25F2N3O5/c1-3-33-24(31)27-18-7-4-6-16(12-18)15-29-22(30)9-8-21(28-29)17-13-19(25)23(20(26)14-17)34-11-5-10-32-2/h4,6-9,12-14H,3,5,10-11,15H2,1-2H3,(H,27,31). The number of carbonyl (C=O) groups excluding carboxylic acids is 1. The van der Waals surface area contributed by atoms with Crippen molar-refractivity contribution in [2.75, 3.05) is 32.2 Å². The van der Waals surface area contributed by atoms with Gasteiger partial charge >= 0.3 is 6.09 Å². The molecule has 0 saturated carbocycles. The van der Waals surface area contributed by atoms with Crippen molar-refractivity contribution in [3.63, 3.8) is 0 Å². The third-order valence-electron chi connectivity index (χ3n) is 4.68. The molecule has 180 valence electrons. The fourth-order valence-corrected chi connectivity index (χ4v) is 3.14. The van der Waals surface area contributed by atoms with Gasteiger partial charge in [-0.3, -0.25) is 10.1 Å². The summed E-state index contributed by atoms with van der Waals surface area (Å²) in [6, 6.07) is 11.7. The van der Waals surface area contributed by atoms with Crippen molar-refractivity contribution < 1.29 is 27.8 Å². The number of methoxy groups -OCH3 is 1. The van der Waals surface area contributed by atoms with Crippen LogP contribution >= 0.6 is 0 Å². The van der Waals surface area contributed by atoms with Gasteiger partial charge in [0.2, 0.25) is 0 Å². The van der Waals surface area contributed by atoms with Gasteiger partial charge in [0.05, 0.1) is 25.5 Å². The van der Waals surface area contributed by atoms with Gasteiger partial charge in [-0.25, -0.2) is 18.3 Å². The van der Waals surface area contributed by atoms with E-state index in [4.69, 9.17) is 14.2 Å². The first-order valence-corrected chi connectivity index (χ1v) is 10.6. The highest BCUT2D eigenvalue weighted by Crippen LogP contribution is 2.28. The van der Waals surface area contributed by atoms with Crippen LogP contribution < -0.4 is 15.6 Å². The minimum atomic E-state index is -0.871. The lowest BCUT2D eigenvalue weighted by Gasteiger charge is -2.12. The SMILES string of the molecule is CCOC(=O)Nc1cccc(Cn2nc(-c3cc(F)c(OCCCOC)c(F)c3)ccc2=O)c1. The number of nitrogens with one attached hydrogen (secondary N) is 1. The number of hydrogen-bond donors (Lipinski definition) is 1. The number of rotatable bonds is 10. The molecule has 1 aromatic heterocycles. The van der Waals surface area contributed by atoms with E-state index in [9.17, 15) is 18.4 Å². The molecule has 0 bridgehead atoms. The molecule has 34 heavy (non-hydrogen) atoms. The number of ether oxygens (including phenoxy) is 3. The third kappa shape index (κ3) is 6.61. The summed E-state index contributed by atoms with van der Waals surface area (Å²) in [4.78, 5) is 24.0. The zero-order valence-electron chi connectivity index (χ0n) is 18.8. The fourth-order valence-electron chi connectivity index (χ4n) is 3.14. The molecule has 1 heterocycles. The highest BCUT2D eigenvalue weighted by molar-refractivity contribution is 5.84. The second kappa shape index (κ2) is 11.9. The molecule has 0 fully saturated rings. The van der Waals surface area contributed by atoms with Crippen LogP contribution in [0.1, 0.15) is 18.9 Å². The topological polar surface area (TPSA) is 91.7 Å². The summed E-state index contributed by atoms with van der Waals surface area (Å²) in [6.07, 6.45) is -0.104. The van der Waals surface area contributed by atoms with Crippen LogP contribution in [0.15, 0.2) is 53.3 Å². The van der Waals surface area contributed by atoms with Gasteiger partial charge < -0.3 is 14.2 Å². The van der Waals surface area contributed by atoms with E-state index in [1.807, 2.05) is 0 Å². The van der Waals surface area contributed by atoms with Crippen molar-refractivity contribution in [3.8, 4) is 17.0 Å². The van der Waals surface area contributed by atoms with Crippen molar-refractivity contribution >= 4 is 11.8 Å². The second-order valence-corrected chi connectivity index (χ2v) is 7.22. The van der Waals surface area contributed by atoms with Crippen LogP contribution in [0.5, 0.6) is 5.75 Å². The predicted molar refractivity (Wildman–Crippen MR) is 122 cm³/mol. The monoisotopic (exact) mass is 473 g/mol. The Bertz CT molecular complexity index is 1180. The summed E-state index contributed by atoms with van der Waals surface area (Å²) in [5.41, 5.74) is 1.14. The second-order valence-electron chi connectivity index (χ2n) is 7.22. The van der Waals surface area contributed by atoms with E-state index in [-0.39, 0.29) is 31.0 Å². The van der Waals surface area contributed by atoms with Crippen molar-refractivity contribution in [2.24, 2.45) is 0 Å². The number of hydrogen-bond acceptors (Lipinski definition) is 6. The first-order valence-electron chi connectivity index (χ1n) is 10.6. The molecular formula is C24H25F2N3O5. The van der Waals surface area contributed by atoms with E-state index in [1.165, 1.54) is 23.9 Å². The zero-order chi connectivity index (χ0) is 24.5. The largest absolute Gasteiger partial charge is 0.488 e. The molecule has 10 heteroatoms. The van der Waals surface area contributed by atoms with Gasteiger partial charge in [-0.2, -0.15) is 5.10 Å². The Morgan fingerprint density at radius 3 is 2.56 bits per heavy atom. The average molecular weight is 473 g/mol. The Labute approximate surface area is 195 Å². The van der Waals surface area contributed by atoms with Crippen molar-refractivity contribution in [2.45, 2.75) is 19.9 Å². The lowest BCUT2D eigenvalue weighted by atomic mass is 10.1. The molecule has 0 aliphatic rings. The van der Waals surface area contributed by atoms with E-state index in [1.54, 1.807) is 31.2 Å². The fraction of sp³-hybridized carbons (Fsp3) is 0.292. The van der Waals surface area contributed by atoms with Crippen LogP contribution in [0, 0.1) is 11.6 Å². The van der Waals surface area contributed by atoms with Gasteiger partial charge in [-0.05, 0) is 42.8 Å². The molecule has 0 atom stereocenters. The molecule has 1 N–H and O–H groups in total.